The third-order valence-electron chi connectivity index (χ3n) is 3.51. The lowest BCUT2D eigenvalue weighted by Gasteiger charge is -2.10. The normalized spacial score (nSPS) is 11.4. The Morgan fingerprint density at radius 3 is 2.72 bits per heavy atom. The number of ether oxygens (including phenoxy) is 2. The topological polar surface area (TPSA) is 83.2 Å². The van der Waals surface area contributed by atoms with Crippen molar-refractivity contribution in [2.24, 2.45) is 0 Å². The summed E-state index contributed by atoms with van der Waals surface area (Å²) in [6, 6.07) is 8.36. The number of carbonyl (C=O) groups excluding carboxylic acids is 1. The van der Waals surface area contributed by atoms with Gasteiger partial charge in [-0.25, -0.2) is 9.36 Å². The lowest BCUT2D eigenvalue weighted by molar-refractivity contribution is -0.182. The average Bonchev–Trinajstić information content (AvgIpc) is 3.29. The Bertz CT molecular complexity index is 973. The molecule has 0 bridgehead atoms. The SMILES string of the molecule is O=C(Nc1cnn(COCC(F)(F)F)c1)c1ccnn1COc1ccccc1Cl. The van der Waals surface area contributed by atoms with Gasteiger partial charge in [0.25, 0.3) is 5.91 Å². The quantitative estimate of drug-likeness (QED) is 0.592. The fraction of sp³-hybridized carbons (Fsp3) is 0.235. The van der Waals surface area contributed by atoms with Crippen LogP contribution in [0.2, 0.25) is 5.02 Å². The molecular formula is C17H15ClF3N5O3. The van der Waals surface area contributed by atoms with E-state index in [0.717, 1.165) is 4.68 Å². The Labute approximate surface area is 167 Å². The molecule has 0 spiro atoms. The van der Waals surface area contributed by atoms with Crippen molar-refractivity contribution in [3.05, 3.63) is 59.6 Å². The van der Waals surface area contributed by atoms with Crippen LogP contribution >= 0.6 is 11.6 Å². The van der Waals surface area contributed by atoms with Gasteiger partial charge in [0.15, 0.2) is 6.73 Å². The molecule has 2 aromatic heterocycles. The van der Waals surface area contributed by atoms with Crippen molar-refractivity contribution >= 4 is 23.2 Å². The highest BCUT2D eigenvalue weighted by Crippen LogP contribution is 2.23. The van der Waals surface area contributed by atoms with Crippen LogP contribution in [0, 0.1) is 0 Å². The number of hydrogen-bond donors (Lipinski definition) is 1. The van der Waals surface area contributed by atoms with Crippen molar-refractivity contribution in [1.82, 2.24) is 19.6 Å². The van der Waals surface area contributed by atoms with Crippen molar-refractivity contribution in [2.45, 2.75) is 19.6 Å². The first kappa shape index (κ1) is 20.7. The van der Waals surface area contributed by atoms with Crippen LogP contribution in [0.15, 0.2) is 48.9 Å². The lowest BCUT2D eigenvalue weighted by atomic mass is 10.3. The van der Waals surface area contributed by atoms with Crippen LogP contribution in [0.3, 0.4) is 0 Å². The molecule has 3 rings (SSSR count). The number of nitrogens with one attached hydrogen (secondary N) is 1. The zero-order chi connectivity index (χ0) is 20.9. The molecule has 0 aliphatic rings. The van der Waals surface area contributed by atoms with Gasteiger partial charge < -0.3 is 14.8 Å². The number of carbonyl (C=O) groups is 1. The molecule has 12 heteroatoms. The number of halogens is 4. The summed E-state index contributed by atoms with van der Waals surface area (Å²) in [5.74, 6) is -0.0582. The second kappa shape index (κ2) is 8.97. The minimum absolute atomic E-state index is 0.0516. The summed E-state index contributed by atoms with van der Waals surface area (Å²) in [5, 5.41) is 10.9. The Balaban J connectivity index is 1.57. The van der Waals surface area contributed by atoms with Gasteiger partial charge in [0.2, 0.25) is 0 Å². The molecule has 2 heterocycles. The molecule has 0 radical (unpaired) electrons. The molecule has 154 valence electrons. The summed E-state index contributed by atoms with van der Waals surface area (Å²) in [6.07, 6.45) is -0.362. The van der Waals surface area contributed by atoms with Gasteiger partial charge in [0.05, 0.1) is 23.1 Å². The first-order valence-corrected chi connectivity index (χ1v) is 8.57. The van der Waals surface area contributed by atoms with Gasteiger partial charge in [-0.2, -0.15) is 23.4 Å². The van der Waals surface area contributed by atoms with Crippen LogP contribution in [0.25, 0.3) is 0 Å². The summed E-state index contributed by atoms with van der Waals surface area (Å²) < 4.78 is 48.8. The second-order valence-corrected chi connectivity index (χ2v) is 6.14. The minimum atomic E-state index is -4.42. The fourth-order valence-electron chi connectivity index (χ4n) is 2.27. The number of alkyl halides is 3. The molecule has 8 nitrogen and oxygen atoms in total. The van der Waals surface area contributed by atoms with Gasteiger partial charge in [0.1, 0.15) is 24.8 Å². The highest BCUT2D eigenvalue weighted by Gasteiger charge is 2.27. The van der Waals surface area contributed by atoms with Crippen LogP contribution < -0.4 is 10.1 Å². The third kappa shape index (κ3) is 5.96. The van der Waals surface area contributed by atoms with Crippen molar-refractivity contribution < 1.29 is 27.4 Å². The summed E-state index contributed by atoms with van der Waals surface area (Å²) in [4.78, 5) is 12.5. The molecule has 0 unspecified atom stereocenters. The van der Waals surface area contributed by atoms with E-state index in [4.69, 9.17) is 16.3 Å². The Morgan fingerprint density at radius 2 is 1.97 bits per heavy atom. The molecule has 0 saturated heterocycles. The zero-order valence-electron chi connectivity index (χ0n) is 14.8. The summed E-state index contributed by atoms with van der Waals surface area (Å²) in [5.41, 5.74) is 0.489. The van der Waals surface area contributed by atoms with Gasteiger partial charge in [-0.15, -0.1) is 0 Å². The molecule has 0 fully saturated rings. The molecule has 0 atom stereocenters. The zero-order valence-corrected chi connectivity index (χ0v) is 15.5. The second-order valence-electron chi connectivity index (χ2n) is 5.74. The largest absolute Gasteiger partial charge is 0.470 e. The van der Waals surface area contributed by atoms with E-state index in [1.54, 1.807) is 24.3 Å². The van der Waals surface area contributed by atoms with Crippen LogP contribution in [-0.4, -0.2) is 38.3 Å². The molecule has 0 aliphatic heterocycles. The number of para-hydroxylation sites is 1. The van der Waals surface area contributed by atoms with Gasteiger partial charge in [-0.05, 0) is 18.2 Å². The molecule has 1 amide bonds. The molecule has 3 aromatic rings. The van der Waals surface area contributed by atoms with Crippen molar-refractivity contribution in [2.75, 3.05) is 11.9 Å². The Hall–Kier alpha value is -3.05. The maximum absolute atomic E-state index is 12.5. The van der Waals surface area contributed by atoms with Crippen molar-refractivity contribution in [3.8, 4) is 5.75 Å². The number of amides is 1. The van der Waals surface area contributed by atoms with E-state index < -0.39 is 25.4 Å². The van der Waals surface area contributed by atoms with E-state index in [2.05, 4.69) is 20.3 Å². The Morgan fingerprint density at radius 1 is 1.17 bits per heavy atom. The van der Waals surface area contributed by atoms with Crippen LogP contribution in [0.1, 0.15) is 10.5 Å². The molecule has 29 heavy (non-hydrogen) atoms. The number of benzene rings is 1. The predicted octanol–water partition coefficient (Wildman–Crippen LogP) is 3.56. The molecule has 0 saturated carbocycles. The van der Waals surface area contributed by atoms with Crippen LogP contribution in [-0.2, 0) is 18.2 Å². The standard InChI is InChI=1S/C17H15ClF3N5O3/c18-13-3-1-2-4-15(13)29-11-26-14(5-6-22-26)16(27)24-12-7-23-25(8-12)10-28-9-17(19,20)21/h1-8H,9-11H2,(H,24,27). The third-order valence-corrected chi connectivity index (χ3v) is 3.82. The van der Waals surface area contributed by atoms with Gasteiger partial charge >= 0.3 is 6.18 Å². The molecule has 1 aromatic carbocycles. The smallest absolute Gasteiger partial charge is 0.411 e. The fourth-order valence-corrected chi connectivity index (χ4v) is 2.46. The number of hydrogen-bond acceptors (Lipinski definition) is 5. The van der Waals surface area contributed by atoms with E-state index >= 15 is 0 Å². The monoisotopic (exact) mass is 429 g/mol. The highest BCUT2D eigenvalue weighted by molar-refractivity contribution is 6.32. The summed E-state index contributed by atoms with van der Waals surface area (Å²) in [6.45, 7) is -1.85. The average molecular weight is 430 g/mol. The lowest BCUT2D eigenvalue weighted by Crippen LogP contribution is -2.19. The minimum Gasteiger partial charge on any atom is -0.470 e. The van der Waals surface area contributed by atoms with Crippen LogP contribution in [0.5, 0.6) is 5.75 Å². The molecule has 0 aliphatic carbocycles. The number of nitrogens with zero attached hydrogens (tertiary/aromatic N) is 4. The van der Waals surface area contributed by atoms with Gasteiger partial charge in [0, 0.05) is 6.20 Å². The Kier molecular flexibility index (Phi) is 6.39. The van der Waals surface area contributed by atoms with E-state index in [9.17, 15) is 18.0 Å². The first-order valence-electron chi connectivity index (χ1n) is 8.19. The van der Waals surface area contributed by atoms with Crippen LogP contribution in [0.4, 0.5) is 18.9 Å². The van der Waals surface area contributed by atoms with E-state index in [1.165, 1.54) is 29.3 Å². The molecular weight excluding hydrogens is 415 g/mol. The van der Waals surface area contributed by atoms with E-state index in [0.29, 0.717) is 10.8 Å². The number of aromatic nitrogens is 4. The maximum atomic E-state index is 12.5. The highest BCUT2D eigenvalue weighted by atomic mass is 35.5. The van der Waals surface area contributed by atoms with E-state index in [1.807, 2.05) is 0 Å². The summed E-state index contributed by atoms with van der Waals surface area (Å²) >= 11 is 6.02. The molecule has 1 N–H and O–H groups in total. The summed E-state index contributed by atoms with van der Waals surface area (Å²) in [7, 11) is 0. The van der Waals surface area contributed by atoms with E-state index in [-0.39, 0.29) is 18.1 Å². The maximum Gasteiger partial charge on any atom is 0.411 e. The van der Waals surface area contributed by atoms with Gasteiger partial charge in [-0.3, -0.25) is 4.79 Å². The van der Waals surface area contributed by atoms with Crippen molar-refractivity contribution in [1.29, 1.82) is 0 Å². The van der Waals surface area contributed by atoms with Crippen molar-refractivity contribution in [3.63, 3.8) is 0 Å². The number of anilines is 1. The predicted molar refractivity (Wildman–Crippen MR) is 96.5 cm³/mol. The first-order chi connectivity index (χ1) is 13.8. The number of rotatable bonds is 8. The van der Waals surface area contributed by atoms with Gasteiger partial charge in [-0.1, -0.05) is 23.7 Å².